The zero-order chi connectivity index (χ0) is 12.8. The molecule has 96 valence electrons. The molecule has 0 aliphatic rings. The summed E-state index contributed by atoms with van der Waals surface area (Å²) in [6.07, 6.45) is 1.94. The Morgan fingerprint density at radius 2 is 2.44 bits per heavy atom. The molecule has 0 radical (unpaired) electrons. The van der Waals surface area contributed by atoms with E-state index in [1.165, 1.54) is 17.7 Å². The first-order valence-corrected chi connectivity index (χ1v) is 6.72. The molecule has 0 aromatic carbocycles. The van der Waals surface area contributed by atoms with E-state index >= 15 is 0 Å². The molecule has 8 nitrogen and oxygen atoms in total. The molecule has 2 heterocycles. The molecule has 0 saturated carbocycles. The first-order valence-electron chi connectivity index (χ1n) is 4.91. The maximum Gasteiger partial charge on any atom is 0.313 e. The van der Waals surface area contributed by atoms with Crippen LogP contribution in [0, 0.1) is 0 Å². The Morgan fingerprint density at radius 3 is 3.17 bits per heavy atom. The lowest BCUT2D eigenvalue weighted by atomic mass is 10.4. The van der Waals surface area contributed by atoms with Gasteiger partial charge in [0, 0.05) is 13.0 Å². The fraction of sp³-hybridized carbons (Fsp3) is 0.375. The molecule has 0 aliphatic heterocycles. The molecule has 0 saturated heterocycles. The van der Waals surface area contributed by atoms with Crippen LogP contribution in [0.3, 0.4) is 0 Å². The van der Waals surface area contributed by atoms with Gasteiger partial charge >= 0.3 is 5.97 Å². The van der Waals surface area contributed by atoms with Crippen molar-refractivity contribution in [1.82, 2.24) is 20.3 Å². The third-order valence-electron chi connectivity index (χ3n) is 1.75. The summed E-state index contributed by atoms with van der Waals surface area (Å²) in [6, 6.07) is 0. The van der Waals surface area contributed by atoms with Crippen molar-refractivity contribution in [3.8, 4) is 0 Å². The molecule has 0 aliphatic carbocycles. The molecular weight excluding hydrogens is 278 g/mol. The lowest BCUT2D eigenvalue weighted by Gasteiger charge is -1.97. The van der Waals surface area contributed by atoms with Gasteiger partial charge in [0.25, 0.3) is 0 Å². The Labute approximate surface area is 110 Å². The van der Waals surface area contributed by atoms with Gasteiger partial charge in [-0.2, -0.15) is 4.98 Å². The lowest BCUT2D eigenvalue weighted by molar-refractivity contribution is -0.133. The molecule has 10 heteroatoms. The van der Waals surface area contributed by atoms with Gasteiger partial charge in [-0.05, 0) is 0 Å². The number of rotatable bonds is 7. The minimum atomic E-state index is -0.874. The van der Waals surface area contributed by atoms with Gasteiger partial charge in [-0.1, -0.05) is 28.3 Å². The van der Waals surface area contributed by atoms with E-state index in [-0.39, 0.29) is 5.75 Å². The van der Waals surface area contributed by atoms with E-state index in [1.54, 1.807) is 0 Å². The minimum Gasteiger partial charge on any atom is -0.481 e. The summed E-state index contributed by atoms with van der Waals surface area (Å²) < 4.78 is 5.46. The molecular formula is C8H9N5O3S2. The van der Waals surface area contributed by atoms with Gasteiger partial charge in [-0.15, -0.1) is 10.2 Å². The van der Waals surface area contributed by atoms with Crippen molar-refractivity contribution in [1.29, 1.82) is 0 Å². The van der Waals surface area contributed by atoms with Crippen LogP contribution in [0.1, 0.15) is 5.89 Å². The summed E-state index contributed by atoms with van der Waals surface area (Å²) in [5.74, 6) is -0.343. The van der Waals surface area contributed by atoms with E-state index < -0.39 is 5.97 Å². The second-order valence-electron chi connectivity index (χ2n) is 3.07. The summed E-state index contributed by atoms with van der Waals surface area (Å²) in [7, 11) is 0. The first kappa shape index (κ1) is 12.8. The first-order chi connectivity index (χ1) is 8.74. The molecule has 2 aromatic rings. The van der Waals surface area contributed by atoms with Gasteiger partial charge in [0.15, 0.2) is 10.7 Å². The second kappa shape index (κ2) is 6.31. The number of hydrogen-bond acceptors (Lipinski definition) is 9. The van der Waals surface area contributed by atoms with Crippen LogP contribution < -0.4 is 5.32 Å². The number of carbonyl (C=O) groups is 1. The summed E-state index contributed by atoms with van der Waals surface area (Å²) in [5, 5.41) is 23.5. The van der Waals surface area contributed by atoms with Crippen molar-refractivity contribution in [3.05, 3.63) is 12.2 Å². The quantitative estimate of drug-likeness (QED) is 0.712. The monoisotopic (exact) mass is 287 g/mol. The fourth-order valence-electron chi connectivity index (χ4n) is 1.05. The normalized spacial score (nSPS) is 10.4. The summed E-state index contributed by atoms with van der Waals surface area (Å²) in [5.41, 5.74) is 0. The van der Waals surface area contributed by atoms with Crippen molar-refractivity contribution >= 4 is 34.2 Å². The van der Waals surface area contributed by atoms with Gasteiger partial charge in [-0.25, -0.2) is 0 Å². The molecule has 2 N–H and O–H groups in total. The van der Waals surface area contributed by atoms with E-state index in [4.69, 9.17) is 9.63 Å². The Hall–Kier alpha value is -1.68. The number of carboxylic acid groups (broad SMARTS) is 1. The Morgan fingerprint density at radius 1 is 1.56 bits per heavy atom. The number of thioether (sulfide) groups is 1. The number of aromatic nitrogens is 4. The van der Waals surface area contributed by atoms with Crippen molar-refractivity contribution < 1.29 is 14.4 Å². The van der Waals surface area contributed by atoms with Gasteiger partial charge in [-0.3, -0.25) is 4.79 Å². The third kappa shape index (κ3) is 3.96. The van der Waals surface area contributed by atoms with Crippen LogP contribution in [0.15, 0.2) is 15.2 Å². The average Bonchev–Trinajstić information content (AvgIpc) is 2.97. The summed E-state index contributed by atoms with van der Waals surface area (Å²) in [4.78, 5) is 14.3. The van der Waals surface area contributed by atoms with E-state index in [2.05, 4.69) is 25.7 Å². The van der Waals surface area contributed by atoms with Crippen LogP contribution in [-0.2, 0) is 11.2 Å². The van der Waals surface area contributed by atoms with Crippen molar-refractivity contribution in [2.75, 3.05) is 17.6 Å². The number of nitrogens with one attached hydrogen (secondary N) is 1. The van der Waals surface area contributed by atoms with Crippen LogP contribution in [0.5, 0.6) is 0 Å². The smallest absolute Gasteiger partial charge is 0.313 e. The second-order valence-corrected chi connectivity index (χ2v) is 5.27. The minimum absolute atomic E-state index is 0.0172. The van der Waals surface area contributed by atoms with Crippen LogP contribution in [0.4, 0.5) is 5.13 Å². The van der Waals surface area contributed by atoms with E-state index in [9.17, 15) is 4.79 Å². The van der Waals surface area contributed by atoms with Gasteiger partial charge < -0.3 is 14.9 Å². The largest absolute Gasteiger partial charge is 0.481 e. The highest BCUT2D eigenvalue weighted by molar-refractivity contribution is 8.01. The molecule has 0 fully saturated rings. The lowest BCUT2D eigenvalue weighted by Crippen LogP contribution is -2.04. The highest BCUT2D eigenvalue weighted by atomic mass is 32.2. The van der Waals surface area contributed by atoms with Crippen LogP contribution in [0.25, 0.3) is 0 Å². The van der Waals surface area contributed by atoms with E-state index in [0.717, 1.165) is 11.8 Å². The fourth-order valence-corrected chi connectivity index (χ4v) is 2.54. The van der Waals surface area contributed by atoms with Gasteiger partial charge in [0.2, 0.25) is 11.0 Å². The molecule has 2 rings (SSSR count). The number of aliphatic carboxylic acids is 1. The molecule has 0 bridgehead atoms. The topological polar surface area (TPSA) is 114 Å². The standard InChI is InChI=1S/C8H9N5O3S2/c14-6(15)3-17-8-13-12-7(18-8)9-2-1-5-10-4-11-16-5/h4H,1-3H2,(H,9,12)(H,14,15). The maximum atomic E-state index is 10.4. The maximum absolute atomic E-state index is 10.4. The predicted octanol–water partition coefficient (Wildman–Crippen LogP) is 0.752. The predicted molar refractivity (Wildman–Crippen MR) is 64.8 cm³/mol. The molecule has 0 atom stereocenters. The van der Waals surface area contributed by atoms with Crippen molar-refractivity contribution in [3.63, 3.8) is 0 Å². The highest BCUT2D eigenvalue weighted by Gasteiger charge is 2.07. The summed E-state index contributed by atoms with van der Waals surface area (Å²) in [6.45, 7) is 0.598. The van der Waals surface area contributed by atoms with Crippen molar-refractivity contribution in [2.45, 2.75) is 10.8 Å². The van der Waals surface area contributed by atoms with Crippen LogP contribution in [-0.4, -0.2) is 43.7 Å². The Bertz CT molecular complexity index is 501. The SMILES string of the molecule is O=C(O)CSc1nnc(NCCc2ncno2)s1. The number of hydrogen-bond donors (Lipinski definition) is 2. The number of carboxylic acids is 1. The molecule has 0 amide bonds. The number of nitrogens with zero attached hydrogens (tertiary/aromatic N) is 4. The molecule has 0 spiro atoms. The van der Waals surface area contributed by atoms with Crippen LogP contribution >= 0.6 is 23.1 Å². The molecule has 18 heavy (non-hydrogen) atoms. The van der Waals surface area contributed by atoms with Crippen molar-refractivity contribution in [2.24, 2.45) is 0 Å². The Kier molecular flexibility index (Phi) is 4.47. The average molecular weight is 287 g/mol. The molecule has 0 unspecified atom stereocenters. The Balaban J connectivity index is 1.74. The van der Waals surface area contributed by atoms with Gasteiger partial charge in [0.05, 0.1) is 5.75 Å². The van der Waals surface area contributed by atoms with E-state index in [0.29, 0.717) is 28.3 Å². The zero-order valence-electron chi connectivity index (χ0n) is 9.07. The summed E-state index contributed by atoms with van der Waals surface area (Å²) >= 11 is 2.46. The van der Waals surface area contributed by atoms with Gasteiger partial charge in [0.1, 0.15) is 0 Å². The van der Waals surface area contributed by atoms with E-state index in [1.807, 2.05) is 0 Å². The highest BCUT2D eigenvalue weighted by Crippen LogP contribution is 2.24. The zero-order valence-corrected chi connectivity index (χ0v) is 10.7. The molecule has 2 aromatic heterocycles. The third-order valence-corrected chi connectivity index (χ3v) is 3.75. The van der Waals surface area contributed by atoms with Crippen LogP contribution in [0.2, 0.25) is 0 Å². The number of anilines is 1.